The van der Waals surface area contributed by atoms with Crippen LogP contribution in [0.4, 0.5) is 0 Å². The standard InChI is InChI=1S/C17H21N5O/c18-7-15-10-21-16(11-20-15)13-2-1-3-14(6-13)17(23)22-9-12-4-5-19-8-12/h1-3,6,10-12,19H,4-5,7-9,18H2,(H,22,23). The second-order valence-corrected chi connectivity index (χ2v) is 5.75. The van der Waals surface area contributed by atoms with Gasteiger partial charge in [0, 0.05) is 24.2 Å². The third kappa shape index (κ3) is 3.91. The van der Waals surface area contributed by atoms with Crippen molar-refractivity contribution >= 4 is 5.91 Å². The number of rotatable bonds is 5. The molecule has 2 aromatic rings. The number of hydrogen-bond acceptors (Lipinski definition) is 5. The van der Waals surface area contributed by atoms with Gasteiger partial charge in [-0.25, -0.2) is 0 Å². The molecule has 1 saturated heterocycles. The lowest BCUT2D eigenvalue weighted by Gasteiger charge is -2.10. The summed E-state index contributed by atoms with van der Waals surface area (Å²) in [5.74, 6) is 0.474. The first-order valence-electron chi connectivity index (χ1n) is 7.86. The highest BCUT2D eigenvalue weighted by Gasteiger charge is 2.16. The summed E-state index contributed by atoms with van der Waals surface area (Å²) in [6, 6.07) is 7.44. The lowest BCUT2D eigenvalue weighted by Crippen LogP contribution is -2.30. The molecule has 1 aliphatic rings. The molecule has 0 spiro atoms. The number of benzene rings is 1. The Labute approximate surface area is 135 Å². The van der Waals surface area contributed by atoms with Gasteiger partial charge in [-0.3, -0.25) is 14.8 Å². The maximum atomic E-state index is 12.3. The molecule has 1 amide bonds. The molecule has 1 unspecified atom stereocenters. The summed E-state index contributed by atoms with van der Waals surface area (Å²) in [6.45, 7) is 3.09. The first-order valence-corrected chi connectivity index (χ1v) is 7.86. The zero-order chi connectivity index (χ0) is 16.1. The summed E-state index contributed by atoms with van der Waals surface area (Å²) in [6.07, 6.45) is 4.46. The molecule has 1 atom stereocenters. The van der Waals surface area contributed by atoms with Gasteiger partial charge >= 0.3 is 0 Å². The van der Waals surface area contributed by atoms with Crippen LogP contribution in [0, 0.1) is 5.92 Å². The molecular weight excluding hydrogens is 290 g/mol. The van der Waals surface area contributed by atoms with Gasteiger partial charge in [0.2, 0.25) is 0 Å². The van der Waals surface area contributed by atoms with E-state index in [1.165, 1.54) is 0 Å². The van der Waals surface area contributed by atoms with E-state index >= 15 is 0 Å². The molecule has 0 radical (unpaired) electrons. The molecule has 1 aromatic carbocycles. The van der Waals surface area contributed by atoms with Crippen LogP contribution >= 0.6 is 0 Å². The van der Waals surface area contributed by atoms with Crippen molar-refractivity contribution in [3.63, 3.8) is 0 Å². The largest absolute Gasteiger partial charge is 0.352 e. The van der Waals surface area contributed by atoms with Crippen molar-refractivity contribution in [2.45, 2.75) is 13.0 Å². The Bertz CT molecular complexity index is 665. The summed E-state index contributed by atoms with van der Waals surface area (Å²) in [7, 11) is 0. The van der Waals surface area contributed by atoms with Crippen molar-refractivity contribution < 1.29 is 4.79 Å². The summed E-state index contributed by atoms with van der Waals surface area (Å²) in [5, 5.41) is 6.31. The van der Waals surface area contributed by atoms with E-state index in [-0.39, 0.29) is 5.91 Å². The van der Waals surface area contributed by atoms with Crippen LogP contribution in [0.5, 0.6) is 0 Å². The fourth-order valence-corrected chi connectivity index (χ4v) is 2.66. The highest BCUT2D eigenvalue weighted by atomic mass is 16.1. The van der Waals surface area contributed by atoms with Crippen molar-refractivity contribution in [1.82, 2.24) is 20.6 Å². The van der Waals surface area contributed by atoms with Crippen molar-refractivity contribution in [3.8, 4) is 11.3 Å². The Balaban J connectivity index is 1.69. The minimum Gasteiger partial charge on any atom is -0.352 e. The van der Waals surface area contributed by atoms with E-state index in [1.54, 1.807) is 12.4 Å². The van der Waals surface area contributed by atoms with Crippen LogP contribution in [0.1, 0.15) is 22.5 Å². The molecule has 0 saturated carbocycles. The first-order chi connectivity index (χ1) is 11.3. The molecule has 4 N–H and O–H groups in total. The fraction of sp³-hybridized carbons (Fsp3) is 0.353. The third-order valence-corrected chi connectivity index (χ3v) is 4.05. The van der Waals surface area contributed by atoms with Crippen LogP contribution in [0.2, 0.25) is 0 Å². The van der Waals surface area contributed by atoms with Gasteiger partial charge in [0.1, 0.15) is 0 Å². The fourth-order valence-electron chi connectivity index (χ4n) is 2.66. The van der Waals surface area contributed by atoms with Crippen LogP contribution in [0.15, 0.2) is 36.7 Å². The summed E-state index contributed by atoms with van der Waals surface area (Å²) < 4.78 is 0. The lowest BCUT2D eigenvalue weighted by atomic mass is 10.1. The van der Waals surface area contributed by atoms with E-state index in [1.807, 2.05) is 24.3 Å². The van der Waals surface area contributed by atoms with Gasteiger partial charge in [-0.2, -0.15) is 0 Å². The summed E-state index contributed by atoms with van der Waals surface area (Å²) in [5.41, 5.74) is 8.51. The molecule has 6 heteroatoms. The van der Waals surface area contributed by atoms with E-state index in [0.717, 1.165) is 36.5 Å². The van der Waals surface area contributed by atoms with E-state index in [0.29, 0.717) is 24.6 Å². The van der Waals surface area contributed by atoms with E-state index < -0.39 is 0 Å². The zero-order valence-corrected chi connectivity index (χ0v) is 13.0. The topological polar surface area (TPSA) is 92.9 Å². The van der Waals surface area contributed by atoms with Crippen molar-refractivity contribution in [3.05, 3.63) is 47.9 Å². The zero-order valence-electron chi connectivity index (χ0n) is 13.0. The SMILES string of the molecule is NCc1cnc(-c2cccc(C(=O)NCC3CCNC3)c2)cn1. The normalized spacial score (nSPS) is 17.2. The Morgan fingerprint density at radius 3 is 2.96 bits per heavy atom. The highest BCUT2D eigenvalue weighted by molar-refractivity contribution is 5.95. The van der Waals surface area contributed by atoms with E-state index in [2.05, 4.69) is 20.6 Å². The van der Waals surface area contributed by atoms with Gasteiger partial charge in [-0.15, -0.1) is 0 Å². The second kappa shape index (κ2) is 7.30. The van der Waals surface area contributed by atoms with E-state index in [4.69, 9.17) is 5.73 Å². The number of nitrogens with one attached hydrogen (secondary N) is 2. The van der Waals surface area contributed by atoms with Gasteiger partial charge in [-0.1, -0.05) is 12.1 Å². The van der Waals surface area contributed by atoms with Crippen LogP contribution in [0.3, 0.4) is 0 Å². The molecule has 120 valence electrons. The number of hydrogen-bond donors (Lipinski definition) is 3. The number of amides is 1. The van der Waals surface area contributed by atoms with Crippen LogP contribution in [-0.2, 0) is 6.54 Å². The molecule has 3 rings (SSSR count). The number of carbonyl (C=O) groups excluding carboxylic acids is 1. The maximum Gasteiger partial charge on any atom is 0.251 e. The minimum absolute atomic E-state index is 0.0507. The smallest absolute Gasteiger partial charge is 0.251 e. The van der Waals surface area contributed by atoms with Gasteiger partial charge in [0.15, 0.2) is 0 Å². The molecular formula is C17H21N5O. The maximum absolute atomic E-state index is 12.3. The molecule has 6 nitrogen and oxygen atoms in total. The van der Waals surface area contributed by atoms with Crippen LogP contribution in [0.25, 0.3) is 11.3 Å². The quantitative estimate of drug-likeness (QED) is 0.764. The van der Waals surface area contributed by atoms with Gasteiger partial charge in [0.25, 0.3) is 5.91 Å². The monoisotopic (exact) mass is 311 g/mol. The van der Waals surface area contributed by atoms with E-state index in [9.17, 15) is 4.79 Å². The molecule has 0 aliphatic carbocycles. The van der Waals surface area contributed by atoms with Gasteiger partial charge < -0.3 is 16.4 Å². The number of nitrogens with zero attached hydrogens (tertiary/aromatic N) is 2. The molecule has 2 heterocycles. The first kappa shape index (κ1) is 15.6. The number of nitrogens with two attached hydrogens (primary N) is 1. The summed E-state index contributed by atoms with van der Waals surface area (Å²) >= 11 is 0. The lowest BCUT2D eigenvalue weighted by molar-refractivity contribution is 0.0948. The molecule has 0 bridgehead atoms. The molecule has 1 aliphatic heterocycles. The van der Waals surface area contributed by atoms with Crippen molar-refractivity contribution in [2.75, 3.05) is 19.6 Å². The Kier molecular flexibility index (Phi) is 4.95. The van der Waals surface area contributed by atoms with Crippen molar-refractivity contribution in [2.24, 2.45) is 11.7 Å². The predicted molar refractivity (Wildman–Crippen MR) is 88.7 cm³/mol. The average Bonchev–Trinajstić information content (AvgIpc) is 3.13. The Morgan fingerprint density at radius 2 is 2.26 bits per heavy atom. The Morgan fingerprint density at radius 1 is 1.35 bits per heavy atom. The highest BCUT2D eigenvalue weighted by Crippen LogP contribution is 2.17. The van der Waals surface area contributed by atoms with Crippen LogP contribution in [-0.4, -0.2) is 35.5 Å². The minimum atomic E-state index is -0.0507. The number of carbonyl (C=O) groups is 1. The summed E-state index contributed by atoms with van der Waals surface area (Å²) in [4.78, 5) is 20.9. The molecule has 1 fully saturated rings. The molecule has 23 heavy (non-hydrogen) atoms. The predicted octanol–water partition coefficient (Wildman–Crippen LogP) is 0.942. The third-order valence-electron chi connectivity index (χ3n) is 4.05. The Hall–Kier alpha value is -2.31. The van der Waals surface area contributed by atoms with Gasteiger partial charge in [-0.05, 0) is 37.6 Å². The van der Waals surface area contributed by atoms with Gasteiger partial charge in [0.05, 0.1) is 23.8 Å². The van der Waals surface area contributed by atoms with Crippen LogP contribution < -0.4 is 16.4 Å². The second-order valence-electron chi connectivity index (χ2n) is 5.75. The van der Waals surface area contributed by atoms with Crippen molar-refractivity contribution in [1.29, 1.82) is 0 Å². The average molecular weight is 311 g/mol. The molecule has 1 aromatic heterocycles. The number of aromatic nitrogens is 2.